The van der Waals surface area contributed by atoms with E-state index < -0.39 is 11.5 Å². The van der Waals surface area contributed by atoms with E-state index in [2.05, 4.69) is 5.32 Å². The molecule has 0 aliphatic heterocycles. The first kappa shape index (κ1) is 16.7. The number of hydrogen-bond acceptors (Lipinski definition) is 3. The average molecular weight is 279 g/mol. The molecular formula is C16H25NO3. The van der Waals surface area contributed by atoms with Gasteiger partial charge in [-0.1, -0.05) is 37.3 Å². The van der Waals surface area contributed by atoms with E-state index in [-0.39, 0.29) is 6.10 Å². The summed E-state index contributed by atoms with van der Waals surface area (Å²) in [5.74, 6) is -0.857. The number of carboxylic acid groups (broad SMARTS) is 1. The number of carbonyl (C=O) groups is 1. The van der Waals surface area contributed by atoms with Crippen LogP contribution in [0.4, 0.5) is 0 Å². The first-order chi connectivity index (χ1) is 9.53. The zero-order valence-corrected chi connectivity index (χ0v) is 12.6. The van der Waals surface area contributed by atoms with Gasteiger partial charge in [-0.05, 0) is 32.4 Å². The molecular weight excluding hydrogens is 254 g/mol. The zero-order valence-electron chi connectivity index (χ0n) is 12.6. The van der Waals surface area contributed by atoms with Crippen LogP contribution in [0.2, 0.25) is 0 Å². The van der Waals surface area contributed by atoms with E-state index in [9.17, 15) is 9.90 Å². The van der Waals surface area contributed by atoms with Crippen LogP contribution in [-0.4, -0.2) is 30.3 Å². The van der Waals surface area contributed by atoms with Gasteiger partial charge in [-0.15, -0.1) is 0 Å². The summed E-state index contributed by atoms with van der Waals surface area (Å²) in [4.78, 5) is 11.9. The van der Waals surface area contributed by atoms with Gasteiger partial charge in [0.1, 0.15) is 5.54 Å². The molecule has 1 atom stereocenters. The highest BCUT2D eigenvalue weighted by molar-refractivity contribution is 5.80. The molecule has 0 aliphatic rings. The van der Waals surface area contributed by atoms with Crippen LogP contribution in [0.25, 0.3) is 0 Å². The summed E-state index contributed by atoms with van der Waals surface area (Å²) >= 11 is 0. The molecule has 0 spiro atoms. The van der Waals surface area contributed by atoms with Crippen molar-refractivity contribution in [2.75, 3.05) is 13.2 Å². The van der Waals surface area contributed by atoms with Crippen LogP contribution >= 0.6 is 0 Å². The van der Waals surface area contributed by atoms with Crippen LogP contribution in [0, 0.1) is 0 Å². The van der Waals surface area contributed by atoms with Gasteiger partial charge in [-0.3, -0.25) is 5.32 Å². The average Bonchev–Trinajstić information content (AvgIpc) is 2.43. The number of ether oxygens (including phenoxy) is 1. The maximum absolute atomic E-state index is 11.9. The number of carboxylic acids is 1. The van der Waals surface area contributed by atoms with E-state index in [1.54, 1.807) is 0 Å². The number of aliphatic carboxylic acids is 1. The fourth-order valence-electron chi connectivity index (χ4n) is 2.15. The van der Waals surface area contributed by atoms with Crippen molar-refractivity contribution in [3.63, 3.8) is 0 Å². The van der Waals surface area contributed by atoms with Gasteiger partial charge in [0.15, 0.2) is 0 Å². The van der Waals surface area contributed by atoms with Gasteiger partial charge in [0, 0.05) is 13.0 Å². The first-order valence-corrected chi connectivity index (χ1v) is 7.18. The minimum atomic E-state index is -1.08. The molecule has 4 heteroatoms. The SMILES string of the molecule is CCCNC(CCOC(C)C)(C(=O)O)c1ccccc1. The van der Waals surface area contributed by atoms with Crippen LogP contribution in [0.3, 0.4) is 0 Å². The molecule has 1 aromatic rings. The zero-order chi connectivity index (χ0) is 15.0. The molecule has 0 radical (unpaired) electrons. The van der Waals surface area contributed by atoms with Crippen LogP contribution in [0.5, 0.6) is 0 Å². The molecule has 1 rings (SSSR count). The summed E-state index contributed by atoms with van der Waals surface area (Å²) < 4.78 is 5.55. The molecule has 1 aromatic carbocycles. The van der Waals surface area contributed by atoms with Crippen LogP contribution < -0.4 is 5.32 Å². The Hall–Kier alpha value is -1.39. The first-order valence-electron chi connectivity index (χ1n) is 7.18. The van der Waals surface area contributed by atoms with E-state index >= 15 is 0 Å². The van der Waals surface area contributed by atoms with Gasteiger partial charge >= 0.3 is 5.97 Å². The number of nitrogens with one attached hydrogen (secondary N) is 1. The molecule has 0 saturated heterocycles. The minimum absolute atomic E-state index is 0.100. The molecule has 112 valence electrons. The fourth-order valence-corrected chi connectivity index (χ4v) is 2.15. The smallest absolute Gasteiger partial charge is 0.328 e. The summed E-state index contributed by atoms with van der Waals surface area (Å²) in [5.41, 5.74) is -0.306. The van der Waals surface area contributed by atoms with Crippen LogP contribution in [0.15, 0.2) is 30.3 Å². The van der Waals surface area contributed by atoms with Crippen molar-refractivity contribution < 1.29 is 14.6 Å². The lowest BCUT2D eigenvalue weighted by Gasteiger charge is -2.31. The quantitative estimate of drug-likeness (QED) is 0.730. The van der Waals surface area contributed by atoms with Gasteiger partial charge in [0.25, 0.3) is 0 Å². The van der Waals surface area contributed by atoms with E-state index in [0.717, 1.165) is 12.0 Å². The van der Waals surface area contributed by atoms with Crippen molar-refractivity contribution >= 4 is 5.97 Å². The van der Waals surface area contributed by atoms with Crippen molar-refractivity contribution in [3.8, 4) is 0 Å². The van der Waals surface area contributed by atoms with E-state index in [1.807, 2.05) is 51.1 Å². The molecule has 0 aromatic heterocycles. The Kier molecular flexibility index (Phi) is 6.68. The number of hydrogen-bond donors (Lipinski definition) is 2. The van der Waals surface area contributed by atoms with Gasteiger partial charge in [0.05, 0.1) is 6.10 Å². The molecule has 0 aliphatic carbocycles. The van der Waals surface area contributed by atoms with Gasteiger partial charge in [0.2, 0.25) is 0 Å². The van der Waals surface area contributed by atoms with E-state index in [4.69, 9.17) is 4.74 Å². The van der Waals surface area contributed by atoms with Gasteiger partial charge < -0.3 is 9.84 Å². The molecule has 20 heavy (non-hydrogen) atoms. The predicted molar refractivity (Wildman–Crippen MR) is 79.8 cm³/mol. The summed E-state index contributed by atoms with van der Waals surface area (Å²) in [6.07, 6.45) is 1.39. The van der Waals surface area contributed by atoms with Crippen molar-refractivity contribution in [3.05, 3.63) is 35.9 Å². The largest absolute Gasteiger partial charge is 0.480 e. The topological polar surface area (TPSA) is 58.6 Å². The molecule has 2 N–H and O–H groups in total. The molecule has 4 nitrogen and oxygen atoms in total. The fraction of sp³-hybridized carbons (Fsp3) is 0.562. The lowest BCUT2D eigenvalue weighted by Crippen LogP contribution is -2.50. The maximum Gasteiger partial charge on any atom is 0.328 e. The van der Waals surface area contributed by atoms with E-state index in [0.29, 0.717) is 19.6 Å². The Morgan fingerprint density at radius 2 is 2.00 bits per heavy atom. The second-order valence-corrected chi connectivity index (χ2v) is 5.17. The second-order valence-electron chi connectivity index (χ2n) is 5.17. The Morgan fingerprint density at radius 1 is 1.35 bits per heavy atom. The summed E-state index contributed by atoms with van der Waals surface area (Å²) in [6.45, 7) is 6.99. The van der Waals surface area contributed by atoms with Crippen molar-refractivity contribution in [2.45, 2.75) is 45.3 Å². The third-order valence-corrected chi connectivity index (χ3v) is 3.24. The van der Waals surface area contributed by atoms with Gasteiger partial charge in [-0.2, -0.15) is 0 Å². The maximum atomic E-state index is 11.9. The highest BCUT2D eigenvalue weighted by atomic mass is 16.5. The van der Waals surface area contributed by atoms with Crippen LogP contribution in [0.1, 0.15) is 39.2 Å². The lowest BCUT2D eigenvalue weighted by atomic mass is 9.86. The molecule has 0 bridgehead atoms. The molecule has 1 unspecified atom stereocenters. The molecule has 0 saturated carbocycles. The second kappa shape index (κ2) is 8.02. The lowest BCUT2D eigenvalue weighted by molar-refractivity contribution is -0.146. The minimum Gasteiger partial charge on any atom is -0.480 e. The highest BCUT2D eigenvalue weighted by Gasteiger charge is 2.39. The Bertz CT molecular complexity index is 405. The standard InChI is InChI=1S/C16H25NO3/c1-4-11-17-16(15(18)19,10-12-20-13(2)3)14-8-6-5-7-9-14/h5-9,13,17H,4,10-12H2,1-3H3,(H,18,19). The summed E-state index contributed by atoms with van der Waals surface area (Å²) in [7, 11) is 0. The molecule has 0 amide bonds. The summed E-state index contributed by atoms with van der Waals surface area (Å²) in [5, 5.41) is 12.9. The summed E-state index contributed by atoms with van der Waals surface area (Å²) in [6, 6.07) is 9.33. The third kappa shape index (κ3) is 4.32. The van der Waals surface area contributed by atoms with Crippen molar-refractivity contribution in [1.82, 2.24) is 5.32 Å². The Balaban J connectivity index is 2.98. The van der Waals surface area contributed by atoms with Gasteiger partial charge in [-0.25, -0.2) is 4.79 Å². The Morgan fingerprint density at radius 3 is 2.50 bits per heavy atom. The predicted octanol–water partition coefficient (Wildman–Crippen LogP) is 2.78. The third-order valence-electron chi connectivity index (χ3n) is 3.24. The number of rotatable bonds is 9. The van der Waals surface area contributed by atoms with Crippen molar-refractivity contribution in [1.29, 1.82) is 0 Å². The Labute approximate surface area is 121 Å². The normalized spacial score (nSPS) is 14.2. The highest BCUT2D eigenvalue weighted by Crippen LogP contribution is 2.26. The monoisotopic (exact) mass is 279 g/mol. The van der Waals surface area contributed by atoms with Crippen molar-refractivity contribution in [2.24, 2.45) is 0 Å². The van der Waals surface area contributed by atoms with E-state index in [1.165, 1.54) is 0 Å². The van der Waals surface area contributed by atoms with Crippen LogP contribution in [-0.2, 0) is 15.1 Å². The number of benzene rings is 1. The molecule has 0 heterocycles. The molecule has 0 fully saturated rings.